The largest absolute Gasteiger partial charge is 0.460 e. The number of ether oxygens (including phenoxy) is 2. The minimum absolute atomic E-state index is 0.264. The third kappa shape index (κ3) is 3.57. The maximum Gasteiger partial charge on any atom is 0.338 e. The lowest BCUT2D eigenvalue weighted by atomic mass is 10.0. The van der Waals surface area contributed by atoms with Crippen molar-refractivity contribution < 1.29 is 14.3 Å². The molecule has 3 heteroatoms. The van der Waals surface area contributed by atoms with Crippen LogP contribution in [0.15, 0.2) is 42.5 Å². The molecule has 2 rings (SSSR count). The van der Waals surface area contributed by atoms with Crippen molar-refractivity contribution in [3.63, 3.8) is 0 Å². The number of methoxy groups -OCH3 is 1. The molecule has 0 aliphatic rings. The van der Waals surface area contributed by atoms with Gasteiger partial charge in [0, 0.05) is 7.11 Å². The topological polar surface area (TPSA) is 35.5 Å². The lowest BCUT2D eigenvalue weighted by Crippen LogP contribution is -2.09. The van der Waals surface area contributed by atoms with Crippen molar-refractivity contribution >= 4 is 5.97 Å². The molecule has 0 saturated carbocycles. The smallest absolute Gasteiger partial charge is 0.338 e. The summed E-state index contributed by atoms with van der Waals surface area (Å²) < 4.78 is 9.86. The maximum atomic E-state index is 11.7. The number of rotatable bonds is 5. The van der Waals surface area contributed by atoms with Crippen molar-refractivity contribution in [2.45, 2.75) is 0 Å². The monoisotopic (exact) mass is 254 g/mol. The zero-order valence-corrected chi connectivity index (χ0v) is 10.7. The molecule has 2 aromatic carbocycles. The molecule has 96 valence electrons. The van der Waals surface area contributed by atoms with Gasteiger partial charge in [-0.3, -0.25) is 0 Å². The summed E-state index contributed by atoms with van der Waals surface area (Å²) >= 11 is 0. The molecule has 2 aromatic rings. The molecule has 0 radical (unpaired) electrons. The first-order valence-electron chi connectivity index (χ1n) is 5.95. The van der Waals surface area contributed by atoms with Gasteiger partial charge in [0.15, 0.2) is 0 Å². The zero-order chi connectivity index (χ0) is 13.5. The van der Waals surface area contributed by atoms with Gasteiger partial charge in [0.05, 0.1) is 12.2 Å². The van der Waals surface area contributed by atoms with Crippen LogP contribution in [0.4, 0.5) is 0 Å². The van der Waals surface area contributed by atoms with E-state index >= 15 is 0 Å². The number of carbonyl (C=O) groups is 1. The standard InChI is InChI=1S/C16H14O3/c1-18-11-12-19-16(17)15-9-7-14(8-10-15)13-5-3-2-4-6-13/h3,5-10H,11-12H2,1H3. The quantitative estimate of drug-likeness (QED) is 0.608. The van der Waals surface area contributed by atoms with Gasteiger partial charge in [-0.25, -0.2) is 4.79 Å². The van der Waals surface area contributed by atoms with Crippen LogP contribution in [0.2, 0.25) is 0 Å². The average Bonchev–Trinajstić information content (AvgIpc) is 2.48. The minimum Gasteiger partial charge on any atom is -0.460 e. The van der Waals surface area contributed by atoms with Crippen molar-refractivity contribution in [2.24, 2.45) is 0 Å². The zero-order valence-electron chi connectivity index (χ0n) is 10.7. The second-order valence-electron chi connectivity index (χ2n) is 3.93. The van der Waals surface area contributed by atoms with E-state index in [0.717, 1.165) is 11.1 Å². The van der Waals surface area contributed by atoms with Crippen molar-refractivity contribution in [3.05, 3.63) is 60.2 Å². The van der Waals surface area contributed by atoms with Gasteiger partial charge in [-0.1, -0.05) is 24.3 Å². The summed E-state index contributed by atoms with van der Waals surface area (Å²) in [5.74, 6) is -0.337. The highest BCUT2D eigenvalue weighted by Crippen LogP contribution is 2.18. The van der Waals surface area contributed by atoms with Gasteiger partial charge in [-0.05, 0) is 41.5 Å². The fourth-order valence-electron chi connectivity index (χ4n) is 1.63. The van der Waals surface area contributed by atoms with E-state index in [1.54, 1.807) is 19.2 Å². The molecule has 0 unspecified atom stereocenters. The normalized spacial score (nSPS) is 9.74. The third-order valence-electron chi connectivity index (χ3n) is 2.63. The van der Waals surface area contributed by atoms with Crippen molar-refractivity contribution in [3.8, 4) is 11.1 Å². The minimum atomic E-state index is -0.337. The summed E-state index contributed by atoms with van der Waals surface area (Å²) in [4.78, 5) is 11.7. The molecule has 0 aromatic heterocycles. The molecular formula is C16H14O3. The van der Waals surface area contributed by atoms with Crippen LogP contribution in [0.1, 0.15) is 10.4 Å². The van der Waals surface area contributed by atoms with Gasteiger partial charge >= 0.3 is 5.97 Å². The molecule has 0 fully saturated rings. The lowest BCUT2D eigenvalue weighted by Gasteiger charge is -2.05. The van der Waals surface area contributed by atoms with Gasteiger partial charge in [0.25, 0.3) is 0 Å². The molecule has 0 aliphatic heterocycles. The first-order chi connectivity index (χ1) is 9.31. The van der Waals surface area contributed by atoms with E-state index < -0.39 is 0 Å². The highest BCUT2D eigenvalue weighted by Gasteiger charge is 2.06. The summed E-state index contributed by atoms with van der Waals surface area (Å²) in [6, 6.07) is 18.6. The van der Waals surface area contributed by atoms with Crippen LogP contribution in [0.5, 0.6) is 0 Å². The van der Waals surface area contributed by atoms with E-state index in [4.69, 9.17) is 9.47 Å². The van der Waals surface area contributed by atoms with Gasteiger partial charge in [0.2, 0.25) is 0 Å². The molecule has 3 nitrogen and oxygen atoms in total. The Labute approximate surface area is 112 Å². The highest BCUT2D eigenvalue weighted by atomic mass is 16.6. The third-order valence-corrected chi connectivity index (χ3v) is 2.63. The van der Waals surface area contributed by atoms with Crippen molar-refractivity contribution in [1.29, 1.82) is 0 Å². The van der Waals surface area contributed by atoms with Gasteiger partial charge in [-0.2, -0.15) is 0 Å². The molecule has 19 heavy (non-hydrogen) atoms. The molecule has 0 amide bonds. The summed E-state index contributed by atoms with van der Waals surface area (Å²) in [5, 5.41) is 0. The fraction of sp³-hybridized carbons (Fsp3) is 0.188. The Balaban J connectivity index is 2.04. The second-order valence-corrected chi connectivity index (χ2v) is 3.93. The first kappa shape index (κ1) is 13.1. The molecule has 0 N–H and O–H groups in total. The van der Waals surface area contributed by atoms with Crippen molar-refractivity contribution in [1.82, 2.24) is 0 Å². The molecule has 0 atom stereocenters. The average molecular weight is 254 g/mol. The Kier molecular flexibility index (Phi) is 4.54. The SMILES string of the molecule is COCCOC(=O)c1ccc(-c2cc#ccc2)cc1. The molecule has 0 spiro atoms. The Bertz CT molecular complexity index is 517. The molecular weight excluding hydrogens is 240 g/mol. The van der Waals surface area contributed by atoms with E-state index in [2.05, 4.69) is 12.1 Å². The van der Waals surface area contributed by atoms with Crippen LogP contribution < -0.4 is 0 Å². The lowest BCUT2D eigenvalue weighted by molar-refractivity contribution is 0.0388. The number of benzene rings is 1. The number of carbonyl (C=O) groups excluding carboxylic acids is 1. The van der Waals surface area contributed by atoms with E-state index in [-0.39, 0.29) is 12.6 Å². The first-order valence-corrected chi connectivity index (χ1v) is 5.95. The predicted octanol–water partition coefficient (Wildman–Crippen LogP) is 2.76. The molecule has 0 bridgehead atoms. The van der Waals surface area contributed by atoms with Crippen LogP contribution in [0.25, 0.3) is 11.1 Å². The Morgan fingerprint density at radius 2 is 1.84 bits per heavy atom. The van der Waals surface area contributed by atoms with Gasteiger partial charge in [0.1, 0.15) is 6.61 Å². The van der Waals surface area contributed by atoms with Crippen LogP contribution in [-0.4, -0.2) is 26.3 Å². The van der Waals surface area contributed by atoms with Crippen LogP contribution >= 0.6 is 0 Å². The maximum absolute atomic E-state index is 11.7. The fourth-order valence-corrected chi connectivity index (χ4v) is 1.63. The summed E-state index contributed by atoms with van der Waals surface area (Å²) in [5.41, 5.74) is 2.60. The molecule has 0 heterocycles. The summed E-state index contributed by atoms with van der Waals surface area (Å²) in [7, 11) is 1.57. The number of hydrogen-bond donors (Lipinski definition) is 0. The van der Waals surface area contributed by atoms with E-state index in [1.807, 2.05) is 30.3 Å². The summed E-state index contributed by atoms with van der Waals surface area (Å²) in [6.07, 6.45) is 0. The van der Waals surface area contributed by atoms with Crippen LogP contribution in [-0.2, 0) is 9.47 Å². The Morgan fingerprint density at radius 1 is 1.05 bits per heavy atom. The highest BCUT2D eigenvalue weighted by molar-refractivity contribution is 5.90. The van der Waals surface area contributed by atoms with E-state index in [1.165, 1.54) is 0 Å². The van der Waals surface area contributed by atoms with Gasteiger partial charge < -0.3 is 9.47 Å². The predicted molar refractivity (Wildman–Crippen MR) is 71.7 cm³/mol. The molecule has 0 saturated heterocycles. The van der Waals surface area contributed by atoms with Crippen LogP contribution in [0, 0.1) is 12.1 Å². The molecule has 0 aliphatic carbocycles. The van der Waals surface area contributed by atoms with Crippen LogP contribution in [0.3, 0.4) is 0 Å². The number of esters is 1. The second kappa shape index (κ2) is 6.58. The van der Waals surface area contributed by atoms with E-state index in [0.29, 0.717) is 12.2 Å². The Morgan fingerprint density at radius 3 is 2.47 bits per heavy atom. The summed E-state index contributed by atoms with van der Waals surface area (Å²) in [6.45, 7) is 0.667. The Hall–Kier alpha value is -2.31. The van der Waals surface area contributed by atoms with Crippen molar-refractivity contribution in [2.75, 3.05) is 20.3 Å². The number of hydrogen-bond acceptors (Lipinski definition) is 3. The van der Waals surface area contributed by atoms with E-state index in [9.17, 15) is 4.79 Å². The van der Waals surface area contributed by atoms with Gasteiger partial charge in [-0.15, -0.1) is 0 Å².